The van der Waals surface area contributed by atoms with E-state index in [9.17, 15) is 24.0 Å². The minimum absolute atomic E-state index is 0.0376. The van der Waals surface area contributed by atoms with E-state index in [-0.39, 0.29) is 55.2 Å². The zero-order valence-electron chi connectivity index (χ0n) is 39.3. The largest absolute Gasteiger partial charge is 0.494 e. The smallest absolute Gasteiger partial charge is 0.276 e. The molecule has 0 unspecified atom stereocenters. The lowest BCUT2D eigenvalue weighted by atomic mass is 9.91. The van der Waals surface area contributed by atoms with Gasteiger partial charge in [-0.15, -0.1) is 0 Å². The molecule has 23 nitrogen and oxygen atoms in total. The Kier molecular flexibility index (Phi) is 13.8. The molecule has 0 radical (unpaired) electrons. The number of carbonyl (C=O) groups is 5. The maximum Gasteiger partial charge on any atom is 0.276 e. The van der Waals surface area contributed by atoms with Crippen molar-refractivity contribution in [1.82, 2.24) is 48.5 Å². The second kappa shape index (κ2) is 19.9. The standard InChI is InChI=1S/C46H57N15O8/c1-6-60-33(17-27(3)54-60)42(65)52-44-50-31-19-29(40(48)63)21-35(67-5)38(31)58(44)12-8-9-13-59-39-32(51-45(59)53-43(66)34-18-28(4)55-61(34)7-2)20-30(41(49)64)22-36(39)68-15-10-11-56-24-46(25-56)26-57(14-16-69-46)37(62)23-47/h8-9,17-22H,6-7,10-16,23-26,47H2,1-5H3,(H2,48,63)(H2,49,64)(H,50,52,65)(H,51,53,66)/b9-8+. The zero-order chi connectivity index (χ0) is 49.1. The fraction of sp³-hybridized carbons (Fsp3) is 0.413. The molecule has 2 fully saturated rings. The number of nitrogens with two attached hydrogens (primary N) is 3. The van der Waals surface area contributed by atoms with Crippen LogP contribution < -0.4 is 37.3 Å². The van der Waals surface area contributed by atoms with Gasteiger partial charge in [0.1, 0.15) is 39.5 Å². The van der Waals surface area contributed by atoms with Crippen LogP contribution in [0.1, 0.15) is 73.3 Å². The first-order valence-corrected chi connectivity index (χ1v) is 22.7. The molecule has 2 aliphatic rings. The molecule has 8 rings (SSSR count). The van der Waals surface area contributed by atoms with Crippen molar-refractivity contribution in [2.75, 3.05) is 70.2 Å². The molecule has 2 aromatic carbocycles. The molecule has 5 amide bonds. The molecule has 8 N–H and O–H groups in total. The number of imidazole rings is 2. The third-order valence-electron chi connectivity index (χ3n) is 12.1. The van der Waals surface area contributed by atoms with Gasteiger partial charge in [0.15, 0.2) is 0 Å². The van der Waals surface area contributed by atoms with Crippen LogP contribution in [-0.4, -0.2) is 143 Å². The number of anilines is 2. The van der Waals surface area contributed by atoms with E-state index in [0.29, 0.717) is 115 Å². The molecule has 23 heteroatoms. The number of likely N-dealkylation sites (tertiary alicyclic amines) is 1. The van der Waals surface area contributed by atoms with Gasteiger partial charge in [-0.2, -0.15) is 10.2 Å². The minimum Gasteiger partial charge on any atom is -0.494 e. The predicted octanol–water partition coefficient (Wildman–Crippen LogP) is 2.04. The van der Waals surface area contributed by atoms with Gasteiger partial charge in [0.05, 0.1) is 55.8 Å². The summed E-state index contributed by atoms with van der Waals surface area (Å²) in [5, 5.41) is 14.7. The average Bonchev–Trinajstić information content (AvgIpc) is 4.09. The number of amides is 5. The number of aromatic nitrogens is 8. The molecule has 6 aromatic rings. The normalized spacial score (nSPS) is 14.7. The van der Waals surface area contributed by atoms with E-state index in [1.165, 1.54) is 19.2 Å². The third-order valence-corrected chi connectivity index (χ3v) is 12.1. The van der Waals surface area contributed by atoms with Gasteiger partial charge in [0, 0.05) is 63.5 Å². The highest BCUT2D eigenvalue weighted by molar-refractivity contribution is 6.05. The lowest BCUT2D eigenvalue weighted by molar-refractivity contribution is -0.188. The SMILES string of the molecule is CCn1nc(C)cc1C(=O)Nc1nc2cc(C(N)=O)cc(OC)c2n1C/C=C/Cn1c(NC(=O)c2cc(C)nn2CC)nc2cc(C(N)=O)cc(OCCCN3CC4(C3)CN(C(=O)CN)CCO4)c21. The molecular weight excluding hydrogens is 891 g/mol. The van der Waals surface area contributed by atoms with Crippen molar-refractivity contribution in [3.63, 3.8) is 0 Å². The van der Waals surface area contributed by atoms with Crippen molar-refractivity contribution in [2.24, 2.45) is 17.2 Å². The number of allylic oxidation sites excluding steroid dienone is 2. The topological polar surface area (TPSA) is 293 Å². The van der Waals surface area contributed by atoms with Gasteiger partial charge >= 0.3 is 0 Å². The predicted molar refractivity (Wildman–Crippen MR) is 254 cm³/mol. The van der Waals surface area contributed by atoms with Crippen molar-refractivity contribution in [1.29, 1.82) is 0 Å². The first kappa shape index (κ1) is 47.8. The Morgan fingerprint density at radius 1 is 0.768 bits per heavy atom. The number of hydrogen-bond donors (Lipinski definition) is 5. The Hall–Kier alpha value is -7.63. The van der Waals surface area contributed by atoms with Crippen LogP contribution in [-0.2, 0) is 35.7 Å². The Labute approximate surface area is 396 Å². The summed E-state index contributed by atoms with van der Waals surface area (Å²) in [7, 11) is 1.46. The lowest BCUT2D eigenvalue weighted by Gasteiger charge is -2.54. The molecule has 69 heavy (non-hydrogen) atoms. The van der Waals surface area contributed by atoms with Crippen LogP contribution in [0, 0.1) is 13.8 Å². The van der Waals surface area contributed by atoms with E-state index in [4.69, 9.17) is 41.4 Å². The second-order valence-electron chi connectivity index (χ2n) is 17.0. The van der Waals surface area contributed by atoms with Crippen LogP contribution >= 0.6 is 0 Å². The Bertz CT molecular complexity index is 2990. The van der Waals surface area contributed by atoms with Gasteiger partial charge in [-0.05, 0) is 70.5 Å². The fourth-order valence-electron chi connectivity index (χ4n) is 8.96. The van der Waals surface area contributed by atoms with E-state index < -0.39 is 29.2 Å². The summed E-state index contributed by atoms with van der Waals surface area (Å²) in [5.74, 6) is -1.39. The van der Waals surface area contributed by atoms with Crippen molar-refractivity contribution in [3.05, 3.63) is 82.5 Å². The molecule has 2 saturated heterocycles. The maximum absolute atomic E-state index is 13.9. The number of fused-ring (bicyclic) bond motifs is 2. The van der Waals surface area contributed by atoms with Crippen molar-refractivity contribution >= 4 is 63.5 Å². The van der Waals surface area contributed by atoms with Crippen LogP contribution in [0.5, 0.6) is 11.5 Å². The molecule has 0 saturated carbocycles. The summed E-state index contributed by atoms with van der Waals surface area (Å²) in [4.78, 5) is 78.4. The molecule has 364 valence electrons. The molecule has 2 aliphatic heterocycles. The molecule has 0 bridgehead atoms. The summed E-state index contributed by atoms with van der Waals surface area (Å²) in [5.41, 5.74) is 20.7. The lowest BCUT2D eigenvalue weighted by Crippen LogP contribution is -2.70. The molecule has 1 spiro atoms. The number of nitrogens with zero attached hydrogens (tertiary/aromatic N) is 10. The average molecular weight is 948 g/mol. The van der Waals surface area contributed by atoms with E-state index >= 15 is 0 Å². The molecule has 0 aliphatic carbocycles. The monoisotopic (exact) mass is 947 g/mol. The summed E-state index contributed by atoms with van der Waals surface area (Å²) < 4.78 is 24.9. The second-order valence-corrected chi connectivity index (χ2v) is 17.0. The van der Waals surface area contributed by atoms with Crippen LogP contribution in [0.15, 0.2) is 48.6 Å². The number of rotatable bonds is 19. The first-order chi connectivity index (χ1) is 33.1. The highest BCUT2D eigenvalue weighted by Gasteiger charge is 2.47. The van der Waals surface area contributed by atoms with Crippen LogP contribution in [0.3, 0.4) is 0 Å². The highest BCUT2D eigenvalue weighted by atomic mass is 16.5. The summed E-state index contributed by atoms with van der Waals surface area (Å²) in [6.45, 7) is 12.3. The molecule has 4 aromatic heterocycles. The van der Waals surface area contributed by atoms with Gasteiger partial charge in [-0.25, -0.2) is 9.97 Å². The zero-order valence-corrected chi connectivity index (χ0v) is 39.3. The summed E-state index contributed by atoms with van der Waals surface area (Å²) in [6, 6.07) is 9.53. The number of primary amides is 2. The van der Waals surface area contributed by atoms with Crippen LogP contribution in [0.2, 0.25) is 0 Å². The quantitative estimate of drug-likeness (QED) is 0.0574. The Morgan fingerprint density at radius 2 is 1.29 bits per heavy atom. The van der Waals surface area contributed by atoms with Gasteiger partial charge in [0.25, 0.3) is 11.8 Å². The first-order valence-electron chi connectivity index (χ1n) is 22.7. The Balaban J connectivity index is 1.09. The molecule has 6 heterocycles. The van der Waals surface area contributed by atoms with Gasteiger partial charge in [-0.3, -0.25) is 48.9 Å². The number of methoxy groups -OCH3 is 1. The van der Waals surface area contributed by atoms with Crippen LogP contribution in [0.25, 0.3) is 22.1 Å². The van der Waals surface area contributed by atoms with Crippen molar-refractivity contribution in [3.8, 4) is 11.5 Å². The molecular formula is C46H57N15O8. The number of hydrogen-bond acceptors (Lipinski definition) is 14. The van der Waals surface area contributed by atoms with E-state index in [0.717, 1.165) is 0 Å². The third kappa shape index (κ3) is 9.87. The van der Waals surface area contributed by atoms with E-state index in [2.05, 4.69) is 25.7 Å². The van der Waals surface area contributed by atoms with Gasteiger partial charge in [-0.1, -0.05) is 12.2 Å². The number of morpholine rings is 1. The number of carbonyl (C=O) groups excluding carboxylic acids is 5. The Morgan fingerprint density at radius 3 is 1.78 bits per heavy atom. The van der Waals surface area contributed by atoms with Crippen molar-refractivity contribution in [2.45, 2.75) is 65.9 Å². The number of ether oxygens (including phenoxy) is 3. The highest BCUT2D eigenvalue weighted by Crippen LogP contribution is 2.34. The van der Waals surface area contributed by atoms with Gasteiger partial charge < -0.3 is 45.4 Å². The number of benzene rings is 2. The van der Waals surface area contributed by atoms with E-state index in [1.807, 2.05) is 26.0 Å². The molecule has 0 atom stereocenters. The number of nitrogens with one attached hydrogen (secondary N) is 2. The van der Waals surface area contributed by atoms with E-state index in [1.54, 1.807) is 61.5 Å². The number of aryl methyl sites for hydroxylation is 4. The minimum atomic E-state index is -0.687. The van der Waals surface area contributed by atoms with Crippen LogP contribution in [0.4, 0.5) is 11.9 Å². The van der Waals surface area contributed by atoms with Gasteiger partial charge in [0.2, 0.25) is 29.6 Å². The summed E-state index contributed by atoms with van der Waals surface area (Å²) >= 11 is 0. The van der Waals surface area contributed by atoms with Crippen molar-refractivity contribution < 1.29 is 38.2 Å². The maximum atomic E-state index is 13.9. The fourth-order valence-corrected chi connectivity index (χ4v) is 8.96. The summed E-state index contributed by atoms with van der Waals surface area (Å²) in [6.07, 6.45) is 4.30.